The highest BCUT2D eigenvalue weighted by Crippen LogP contribution is 2.42. The zero-order valence-electron chi connectivity index (χ0n) is 16.0. The first kappa shape index (κ1) is 17.3. The van der Waals surface area contributed by atoms with E-state index in [1.54, 1.807) is 0 Å². The van der Waals surface area contributed by atoms with Gasteiger partial charge >= 0.3 is 6.03 Å². The Labute approximate surface area is 169 Å². The van der Waals surface area contributed by atoms with Crippen molar-refractivity contribution in [3.8, 4) is 5.69 Å². The van der Waals surface area contributed by atoms with Gasteiger partial charge in [-0.25, -0.2) is 9.48 Å². The first-order chi connectivity index (χ1) is 14.2. The highest BCUT2D eigenvalue weighted by Gasteiger charge is 2.39. The Balaban J connectivity index is 1.75. The SMILES string of the molecule is Cc1nn(-c2ccccc2)c2c1[C@@H](c1ccccc1)N(c1ccccc1)C(=O)N2. The van der Waals surface area contributed by atoms with E-state index in [4.69, 9.17) is 5.10 Å². The Kier molecular flexibility index (Phi) is 4.13. The summed E-state index contributed by atoms with van der Waals surface area (Å²) < 4.78 is 1.82. The number of benzene rings is 3. The van der Waals surface area contributed by atoms with Crippen LogP contribution in [0.4, 0.5) is 16.3 Å². The zero-order valence-corrected chi connectivity index (χ0v) is 16.0. The van der Waals surface area contributed by atoms with Crippen molar-refractivity contribution in [2.45, 2.75) is 13.0 Å². The van der Waals surface area contributed by atoms with Gasteiger partial charge < -0.3 is 0 Å². The van der Waals surface area contributed by atoms with E-state index in [1.807, 2.05) is 95.4 Å². The smallest absolute Gasteiger partial charge is 0.291 e. The molecule has 0 spiro atoms. The van der Waals surface area contributed by atoms with Crippen molar-refractivity contribution in [1.82, 2.24) is 9.78 Å². The maximum Gasteiger partial charge on any atom is 0.328 e. The van der Waals surface area contributed by atoms with Crippen LogP contribution in [0.25, 0.3) is 5.69 Å². The van der Waals surface area contributed by atoms with Crippen molar-refractivity contribution in [3.05, 3.63) is 108 Å². The van der Waals surface area contributed by atoms with Crippen LogP contribution in [0.3, 0.4) is 0 Å². The number of carbonyl (C=O) groups is 1. The van der Waals surface area contributed by atoms with Crippen LogP contribution in [-0.4, -0.2) is 15.8 Å². The molecule has 0 radical (unpaired) electrons. The summed E-state index contributed by atoms with van der Waals surface area (Å²) in [6.07, 6.45) is 0. The van der Waals surface area contributed by atoms with Gasteiger partial charge in [-0.15, -0.1) is 0 Å². The molecule has 0 saturated carbocycles. The molecule has 0 unspecified atom stereocenters. The highest BCUT2D eigenvalue weighted by atomic mass is 16.2. The average Bonchev–Trinajstić information content (AvgIpc) is 3.10. The first-order valence-corrected chi connectivity index (χ1v) is 9.59. The van der Waals surface area contributed by atoms with E-state index < -0.39 is 0 Å². The minimum atomic E-state index is -0.264. The highest BCUT2D eigenvalue weighted by molar-refractivity contribution is 6.05. The van der Waals surface area contributed by atoms with Crippen LogP contribution >= 0.6 is 0 Å². The van der Waals surface area contributed by atoms with E-state index in [0.717, 1.165) is 34.0 Å². The molecule has 142 valence electrons. The molecule has 0 fully saturated rings. The third-order valence-electron chi connectivity index (χ3n) is 5.23. The molecule has 1 aliphatic rings. The van der Waals surface area contributed by atoms with Gasteiger partial charge in [-0.1, -0.05) is 66.7 Å². The van der Waals surface area contributed by atoms with Gasteiger partial charge in [-0.05, 0) is 36.8 Å². The molecule has 2 heterocycles. The second-order valence-corrected chi connectivity index (χ2v) is 7.04. The van der Waals surface area contributed by atoms with Crippen molar-refractivity contribution in [3.63, 3.8) is 0 Å². The Morgan fingerprint density at radius 1 is 0.793 bits per heavy atom. The van der Waals surface area contributed by atoms with Crippen LogP contribution in [-0.2, 0) is 0 Å². The van der Waals surface area contributed by atoms with Crippen LogP contribution < -0.4 is 10.2 Å². The van der Waals surface area contributed by atoms with Gasteiger partial charge in [-0.2, -0.15) is 5.10 Å². The molecule has 1 atom stereocenters. The van der Waals surface area contributed by atoms with Crippen molar-refractivity contribution in [1.29, 1.82) is 0 Å². The number of hydrogen-bond donors (Lipinski definition) is 1. The van der Waals surface area contributed by atoms with E-state index in [0.29, 0.717) is 0 Å². The number of nitrogens with one attached hydrogen (secondary N) is 1. The molecule has 0 saturated heterocycles. The summed E-state index contributed by atoms with van der Waals surface area (Å²) in [5.41, 5.74) is 4.69. The minimum absolute atomic E-state index is 0.172. The molecule has 1 N–H and O–H groups in total. The molecule has 29 heavy (non-hydrogen) atoms. The number of amides is 2. The number of fused-ring (bicyclic) bond motifs is 1. The van der Waals surface area contributed by atoms with E-state index in [9.17, 15) is 4.79 Å². The van der Waals surface area contributed by atoms with Crippen molar-refractivity contribution < 1.29 is 4.79 Å². The number of aryl methyl sites for hydroxylation is 1. The van der Waals surface area contributed by atoms with Crippen molar-refractivity contribution in [2.75, 3.05) is 10.2 Å². The largest absolute Gasteiger partial charge is 0.328 e. The molecule has 5 nitrogen and oxygen atoms in total. The molecule has 0 bridgehead atoms. The number of rotatable bonds is 3. The second-order valence-electron chi connectivity index (χ2n) is 7.04. The lowest BCUT2D eigenvalue weighted by Gasteiger charge is -2.36. The third-order valence-corrected chi connectivity index (χ3v) is 5.23. The quantitative estimate of drug-likeness (QED) is 0.523. The predicted octanol–water partition coefficient (Wildman–Crippen LogP) is 5.32. The number of anilines is 2. The maximum absolute atomic E-state index is 13.3. The topological polar surface area (TPSA) is 50.2 Å². The van der Waals surface area contributed by atoms with Gasteiger partial charge in [0.15, 0.2) is 0 Å². The van der Waals surface area contributed by atoms with Gasteiger partial charge in [0.2, 0.25) is 0 Å². The molecule has 3 aromatic carbocycles. The monoisotopic (exact) mass is 380 g/mol. The van der Waals surface area contributed by atoms with E-state index in [-0.39, 0.29) is 12.1 Å². The Morgan fingerprint density at radius 2 is 1.34 bits per heavy atom. The lowest BCUT2D eigenvalue weighted by atomic mass is 9.94. The summed E-state index contributed by atoms with van der Waals surface area (Å²) in [5, 5.41) is 7.86. The maximum atomic E-state index is 13.3. The van der Waals surface area contributed by atoms with Crippen molar-refractivity contribution in [2.24, 2.45) is 0 Å². The van der Waals surface area contributed by atoms with Crippen molar-refractivity contribution >= 4 is 17.5 Å². The zero-order chi connectivity index (χ0) is 19.8. The number of para-hydroxylation sites is 2. The van der Waals surface area contributed by atoms with Gasteiger partial charge in [0.1, 0.15) is 5.82 Å². The van der Waals surface area contributed by atoms with Crippen LogP contribution in [0.5, 0.6) is 0 Å². The predicted molar refractivity (Wildman–Crippen MR) is 115 cm³/mol. The molecule has 1 aliphatic heterocycles. The average molecular weight is 380 g/mol. The summed E-state index contributed by atoms with van der Waals surface area (Å²) in [6, 6.07) is 29.3. The molecule has 2 amide bonds. The molecule has 5 heteroatoms. The van der Waals surface area contributed by atoms with Gasteiger partial charge in [-0.3, -0.25) is 10.2 Å². The van der Waals surface area contributed by atoms with E-state index >= 15 is 0 Å². The van der Waals surface area contributed by atoms with Gasteiger partial charge in [0, 0.05) is 11.3 Å². The fourth-order valence-corrected chi connectivity index (χ4v) is 3.96. The standard InChI is InChI=1S/C24H20N4O/c1-17-21-22(18-11-5-2-6-12-18)27(19-13-7-3-8-14-19)24(29)25-23(21)28(26-17)20-15-9-4-10-16-20/h2-16,22H,1H3,(H,25,29)/t22-/m1/s1. The molecular weight excluding hydrogens is 360 g/mol. The Hall–Kier alpha value is -3.86. The summed E-state index contributed by atoms with van der Waals surface area (Å²) in [7, 11) is 0. The van der Waals surface area contributed by atoms with Crippen LogP contribution in [0.1, 0.15) is 22.9 Å². The van der Waals surface area contributed by atoms with Crippen LogP contribution in [0.15, 0.2) is 91.0 Å². The number of hydrogen-bond acceptors (Lipinski definition) is 2. The van der Waals surface area contributed by atoms with Gasteiger partial charge in [0.05, 0.1) is 17.4 Å². The summed E-state index contributed by atoms with van der Waals surface area (Å²) in [5.74, 6) is 0.722. The summed E-state index contributed by atoms with van der Waals surface area (Å²) >= 11 is 0. The lowest BCUT2D eigenvalue weighted by Crippen LogP contribution is -2.43. The molecular formula is C24H20N4O. The van der Waals surface area contributed by atoms with Gasteiger partial charge in [0.25, 0.3) is 0 Å². The molecule has 0 aliphatic carbocycles. The fraction of sp³-hybridized carbons (Fsp3) is 0.0833. The van der Waals surface area contributed by atoms with E-state index in [1.165, 1.54) is 0 Å². The molecule has 5 rings (SSSR count). The number of aromatic nitrogens is 2. The number of nitrogens with zero attached hydrogens (tertiary/aromatic N) is 3. The second kappa shape index (κ2) is 6.95. The van der Waals surface area contributed by atoms with Crippen LogP contribution in [0, 0.1) is 6.92 Å². The Morgan fingerprint density at radius 3 is 1.97 bits per heavy atom. The minimum Gasteiger partial charge on any atom is -0.291 e. The third kappa shape index (κ3) is 2.88. The fourth-order valence-electron chi connectivity index (χ4n) is 3.96. The number of urea groups is 1. The number of carbonyl (C=O) groups excluding carboxylic acids is 1. The molecule has 4 aromatic rings. The van der Waals surface area contributed by atoms with Crippen LogP contribution in [0.2, 0.25) is 0 Å². The summed E-state index contributed by atoms with van der Waals surface area (Å²) in [6.45, 7) is 1.99. The van der Waals surface area contributed by atoms with E-state index in [2.05, 4.69) is 17.4 Å². The molecule has 1 aromatic heterocycles. The Bertz CT molecular complexity index is 1150. The lowest BCUT2D eigenvalue weighted by molar-refractivity contribution is 0.254. The normalized spacial score (nSPS) is 15.7. The first-order valence-electron chi connectivity index (χ1n) is 9.59. The summed E-state index contributed by atoms with van der Waals surface area (Å²) in [4.78, 5) is 15.1.